The van der Waals surface area contributed by atoms with Gasteiger partial charge in [0, 0.05) is 34.8 Å². The van der Waals surface area contributed by atoms with Gasteiger partial charge in [-0.05, 0) is 49.2 Å². The molecule has 3 rings (SSSR count). The highest BCUT2D eigenvalue weighted by atomic mass is 35.5. The standard InChI is InChI=1S/C30H35Cl2N3O6S/c1-5-17-33-30(37)26(6-2)34(19-23-24(31)13-10-14-25(23)32)29(36)20-35(42(38,39)22-11-8-7-9-12-22)21-15-16-27(40-3)28(18-21)41-4/h7-16,18,26H,5-6,17,19-20H2,1-4H3,(H,33,37)/t26-/m1/s1. The zero-order valence-electron chi connectivity index (χ0n) is 24.0. The molecule has 0 saturated carbocycles. The molecule has 0 aliphatic rings. The quantitative estimate of drug-likeness (QED) is 0.249. The molecular formula is C30H35Cl2N3O6S. The molecule has 0 heterocycles. The maximum absolute atomic E-state index is 14.2. The number of ether oxygens (including phenoxy) is 2. The molecule has 1 N–H and O–H groups in total. The smallest absolute Gasteiger partial charge is 0.264 e. The van der Waals surface area contributed by atoms with Crippen molar-refractivity contribution in [1.29, 1.82) is 0 Å². The second kappa shape index (κ2) is 15.1. The Kier molecular flexibility index (Phi) is 11.9. The summed E-state index contributed by atoms with van der Waals surface area (Å²) in [4.78, 5) is 28.7. The van der Waals surface area contributed by atoms with E-state index in [1.165, 1.54) is 43.4 Å². The molecule has 2 amide bonds. The van der Waals surface area contributed by atoms with Gasteiger partial charge in [-0.1, -0.05) is 61.3 Å². The van der Waals surface area contributed by atoms with Gasteiger partial charge in [0.05, 0.1) is 24.8 Å². The molecule has 3 aromatic carbocycles. The van der Waals surface area contributed by atoms with Crippen molar-refractivity contribution in [3.05, 3.63) is 82.3 Å². The number of hydrogen-bond donors (Lipinski definition) is 1. The molecule has 0 unspecified atom stereocenters. The van der Waals surface area contributed by atoms with Crippen LogP contribution in [-0.2, 0) is 26.2 Å². The number of rotatable bonds is 14. The maximum Gasteiger partial charge on any atom is 0.264 e. The van der Waals surface area contributed by atoms with Gasteiger partial charge in [0.15, 0.2) is 11.5 Å². The molecule has 3 aromatic rings. The highest BCUT2D eigenvalue weighted by Crippen LogP contribution is 2.34. The average Bonchev–Trinajstić information content (AvgIpc) is 2.99. The van der Waals surface area contributed by atoms with Gasteiger partial charge in [-0.3, -0.25) is 13.9 Å². The summed E-state index contributed by atoms with van der Waals surface area (Å²) in [6, 6.07) is 16.4. The Labute approximate surface area is 257 Å². The summed E-state index contributed by atoms with van der Waals surface area (Å²) in [5, 5.41) is 3.48. The van der Waals surface area contributed by atoms with Crippen LogP contribution >= 0.6 is 23.2 Å². The Hall–Kier alpha value is -3.47. The third kappa shape index (κ3) is 7.67. The first kappa shape index (κ1) is 33.0. The number of carbonyl (C=O) groups excluding carboxylic acids is 2. The number of carbonyl (C=O) groups is 2. The van der Waals surface area contributed by atoms with Crippen molar-refractivity contribution in [2.75, 3.05) is 31.6 Å². The summed E-state index contributed by atoms with van der Waals surface area (Å²) in [6.45, 7) is 3.39. The van der Waals surface area contributed by atoms with Gasteiger partial charge in [0.25, 0.3) is 10.0 Å². The van der Waals surface area contributed by atoms with E-state index in [9.17, 15) is 18.0 Å². The SMILES string of the molecule is CCCNC(=O)[C@@H](CC)N(Cc1c(Cl)cccc1Cl)C(=O)CN(c1ccc(OC)c(OC)c1)S(=O)(=O)c1ccccc1. The Morgan fingerprint density at radius 2 is 1.55 bits per heavy atom. The number of methoxy groups -OCH3 is 2. The first-order valence-electron chi connectivity index (χ1n) is 13.4. The van der Waals surface area contributed by atoms with E-state index < -0.39 is 28.5 Å². The second-order valence-electron chi connectivity index (χ2n) is 9.30. The summed E-state index contributed by atoms with van der Waals surface area (Å²) >= 11 is 12.9. The van der Waals surface area contributed by atoms with Gasteiger partial charge in [0.1, 0.15) is 12.6 Å². The van der Waals surface area contributed by atoms with Crippen LogP contribution in [0.5, 0.6) is 11.5 Å². The normalized spacial score (nSPS) is 11.9. The van der Waals surface area contributed by atoms with Gasteiger partial charge in [-0.25, -0.2) is 8.42 Å². The van der Waals surface area contributed by atoms with Crippen LogP contribution in [0.25, 0.3) is 0 Å². The van der Waals surface area contributed by atoms with E-state index in [1.54, 1.807) is 49.4 Å². The fourth-order valence-corrected chi connectivity index (χ4v) is 6.31. The highest BCUT2D eigenvalue weighted by molar-refractivity contribution is 7.92. The van der Waals surface area contributed by atoms with E-state index in [0.29, 0.717) is 34.3 Å². The van der Waals surface area contributed by atoms with Crippen molar-refractivity contribution in [2.45, 2.75) is 44.2 Å². The summed E-state index contributed by atoms with van der Waals surface area (Å²) in [6.07, 6.45) is 0.972. The van der Waals surface area contributed by atoms with Crippen LogP contribution in [0.1, 0.15) is 32.3 Å². The monoisotopic (exact) mass is 635 g/mol. The molecular weight excluding hydrogens is 601 g/mol. The van der Waals surface area contributed by atoms with Gasteiger partial charge >= 0.3 is 0 Å². The molecule has 0 spiro atoms. The minimum absolute atomic E-state index is 0.0130. The molecule has 0 aliphatic heterocycles. The molecule has 0 bridgehead atoms. The van der Waals surface area contributed by atoms with Gasteiger partial charge < -0.3 is 19.7 Å². The van der Waals surface area contributed by atoms with E-state index in [1.807, 2.05) is 6.92 Å². The van der Waals surface area contributed by atoms with Crippen LogP contribution in [0.3, 0.4) is 0 Å². The van der Waals surface area contributed by atoms with Crippen molar-refractivity contribution < 1.29 is 27.5 Å². The predicted molar refractivity (Wildman–Crippen MR) is 165 cm³/mol. The second-order valence-corrected chi connectivity index (χ2v) is 12.0. The average molecular weight is 637 g/mol. The number of nitrogens with one attached hydrogen (secondary N) is 1. The summed E-state index contributed by atoms with van der Waals surface area (Å²) in [5.41, 5.74) is 0.614. The van der Waals surface area contributed by atoms with Crippen molar-refractivity contribution in [2.24, 2.45) is 0 Å². The minimum atomic E-state index is -4.25. The van der Waals surface area contributed by atoms with Crippen LogP contribution in [-0.4, -0.2) is 58.5 Å². The lowest BCUT2D eigenvalue weighted by molar-refractivity contribution is -0.140. The lowest BCUT2D eigenvalue weighted by Gasteiger charge is -2.33. The van der Waals surface area contributed by atoms with Gasteiger partial charge in [-0.2, -0.15) is 0 Å². The summed E-state index contributed by atoms with van der Waals surface area (Å²) < 4.78 is 39.7. The van der Waals surface area contributed by atoms with E-state index in [2.05, 4.69) is 5.32 Å². The van der Waals surface area contributed by atoms with E-state index in [0.717, 1.165) is 4.31 Å². The summed E-state index contributed by atoms with van der Waals surface area (Å²) in [7, 11) is -1.35. The number of nitrogens with zero attached hydrogens (tertiary/aromatic N) is 2. The molecule has 12 heteroatoms. The topological polar surface area (TPSA) is 105 Å². The number of halogens is 2. The van der Waals surface area contributed by atoms with E-state index >= 15 is 0 Å². The van der Waals surface area contributed by atoms with Crippen molar-refractivity contribution in [3.8, 4) is 11.5 Å². The Morgan fingerprint density at radius 3 is 2.12 bits per heavy atom. The Morgan fingerprint density at radius 1 is 0.905 bits per heavy atom. The number of anilines is 1. The first-order chi connectivity index (χ1) is 20.1. The Bertz CT molecular complexity index is 1470. The fraction of sp³-hybridized carbons (Fsp3) is 0.333. The zero-order valence-corrected chi connectivity index (χ0v) is 26.3. The number of sulfonamides is 1. The lowest BCUT2D eigenvalue weighted by Crippen LogP contribution is -2.52. The number of amides is 2. The molecule has 0 radical (unpaired) electrons. The third-order valence-corrected chi connectivity index (χ3v) is 9.09. The van der Waals surface area contributed by atoms with Crippen LogP contribution in [0.15, 0.2) is 71.6 Å². The fourth-order valence-electron chi connectivity index (χ4n) is 4.37. The molecule has 0 fully saturated rings. The van der Waals surface area contributed by atoms with Crippen molar-refractivity contribution in [1.82, 2.24) is 10.2 Å². The Balaban J connectivity index is 2.13. The largest absolute Gasteiger partial charge is 0.493 e. The van der Waals surface area contributed by atoms with E-state index in [-0.39, 0.29) is 35.2 Å². The van der Waals surface area contributed by atoms with Gasteiger partial charge in [-0.15, -0.1) is 0 Å². The molecule has 9 nitrogen and oxygen atoms in total. The molecule has 0 aromatic heterocycles. The molecule has 0 saturated heterocycles. The van der Waals surface area contributed by atoms with Crippen molar-refractivity contribution >= 4 is 50.7 Å². The van der Waals surface area contributed by atoms with Crippen LogP contribution < -0.4 is 19.1 Å². The predicted octanol–water partition coefficient (Wildman–Crippen LogP) is 5.54. The number of benzene rings is 3. The number of hydrogen-bond acceptors (Lipinski definition) is 6. The molecule has 1 atom stereocenters. The molecule has 42 heavy (non-hydrogen) atoms. The van der Waals surface area contributed by atoms with Crippen LogP contribution in [0.2, 0.25) is 10.0 Å². The molecule has 0 aliphatic carbocycles. The van der Waals surface area contributed by atoms with Crippen LogP contribution in [0.4, 0.5) is 5.69 Å². The third-order valence-electron chi connectivity index (χ3n) is 6.59. The summed E-state index contributed by atoms with van der Waals surface area (Å²) in [5.74, 6) is -0.322. The minimum Gasteiger partial charge on any atom is -0.493 e. The molecule has 226 valence electrons. The van der Waals surface area contributed by atoms with Crippen LogP contribution in [0, 0.1) is 0 Å². The maximum atomic E-state index is 14.2. The van der Waals surface area contributed by atoms with Crippen molar-refractivity contribution in [3.63, 3.8) is 0 Å². The lowest BCUT2D eigenvalue weighted by atomic mass is 10.1. The van der Waals surface area contributed by atoms with Gasteiger partial charge in [0.2, 0.25) is 11.8 Å². The zero-order chi connectivity index (χ0) is 30.9. The van der Waals surface area contributed by atoms with E-state index in [4.69, 9.17) is 32.7 Å². The highest BCUT2D eigenvalue weighted by Gasteiger charge is 2.34. The first-order valence-corrected chi connectivity index (χ1v) is 15.6.